The smallest absolute Gasteiger partial charge is 0.165 e. The number of hydrogen-bond acceptors (Lipinski definition) is 2. The summed E-state index contributed by atoms with van der Waals surface area (Å²) in [6, 6.07) is 60.9. The minimum absolute atomic E-state index is 0.821. The Balaban J connectivity index is 1.29. The molecule has 0 saturated heterocycles. The minimum Gasteiger partial charge on any atom is -0.308 e. The topological polar surface area (TPSA) is 35.1 Å². The molecule has 0 radical (unpaired) electrons. The van der Waals surface area contributed by atoms with Crippen molar-refractivity contribution >= 4 is 81.7 Å². The molecule has 4 nitrogen and oxygen atoms in total. The summed E-state index contributed by atoms with van der Waals surface area (Å²) < 4.78 is 4.85. The highest BCUT2D eigenvalue weighted by Crippen LogP contribution is 2.45. The summed E-state index contributed by atoms with van der Waals surface area (Å²) >= 11 is 0. The van der Waals surface area contributed by atoms with Crippen molar-refractivity contribution in [3.8, 4) is 28.2 Å². The molecular formula is C48H28N4. The summed E-state index contributed by atoms with van der Waals surface area (Å²) in [6.07, 6.45) is 0. The molecule has 0 N–H and O–H groups in total. The van der Waals surface area contributed by atoms with Gasteiger partial charge in [-0.25, -0.2) is 9.97 Å². The van der Waals surface area contributed by atoms with Crippen LogP contribution in [0.3, 0.4) is 0 Å². The van der Waals surface area contributed by atoms with E-state index in [-0.39, 0.29) is 0 Å². The van der Waals surface area contributed by atoms with Crippen molar-refractivity contribution in [2.45, 2.75) is 0 Å². The van der Waals surface area contributed by atoms with Gasteiger partial charge in [0.2, 0.25) is 0 Å². The first-order valence-electron chi connectivity index (χ1n) is 17.8. The van der Waals surface area contributed by atoms with Crippen LogP contribution in [0.1, 0.15) is 0 Å². The Hall–Kier alpha value is -7.04. The maximum absolute atomic E-state index is 5.68. The van der Waals surface area contributed by atoms with E-state index < -0.39 is 0 Å². The standard InChI is InChI=1S/C48H28N4/c1-3-14-29(15-4-1)37-28-38-46(34-20-8-7-18-31(34)37)50-48(45(49-38)30-16-5-2-6-17-30)52-40-25-12-21-33-36-23-11-22-35-32-19-9-10-24-39(32)51(47(35)36)41-26-13-27-42(52)44(41)43(33)40/h1-28H. The van der Waals surface area contributed by atoms with Crippen LogP contribution >= 0.6 is 0 Å². The van der Waals surface area contributed by atoms with Crippen LogP contribution in [0.15, 0.2) is 170 Å². The third-order valence-electron chi connectivity index (χ3n) is 11.0. The van der Waals surface area contributed by atoms with Crippen LogP contribution in [-0.2, 0) is 0 Å². The normalized spacial score (nSPS) is 12.2. The first-order chi connectivity index (χ1) is 25.8. The molecule has 0 fully saturated rings. The zero-order chi connectivity index (χ0) is 33.9. The van der Waals surface area contributed by atoms with Crippen LogP contribution in [0, 0.1) is 0 Å². The average Bonchev–Trinajstić information content (AvgIpc) is 3.69. The summed E-state index contributed by atoms with van der Waals surface area (Å²) in [5.74, 6) is 0.821. The maximum atomic E-state index is 5.68. The number of rotatable bonds is 3. The Bertz CT molecular complexity index is 3390. The van der Waals surface area contributed by atoms with E-state index in [1.165, 1.54) is 48.9 Å². The van der Waals surface area contributed by atoms with E-state index >= 15 is 0 Å². The summed E-state index contributed by atoms with van der Waals surface area (Å²) in [6.45, 7) is 0. The van der Waals surface area contributed by atoms with Gasteiger partial charge in [0.05, 0.1) is 38.6 Å². The number of fused-ring (bicyclic) bond motifs is 8. The number of benzene rings is 8. The molecule has 52 heavy (non-hydrogen) atoms. The van der Waals surface area contributed by atoms with Crippen molar-refractivity contribution in [3.05, 3.63) is 170 Å². The lowest BCUT2D eigenvalue weighted by atomic mass is 9.96. The predicted octanol–water partition coefficient (Wildman–Crippen LogP) is 12.4. The van der Waals surface area contributed by atoms with Gasteiger partial charge in [-0.1, -0.05) is 140 Å². The molecule has 0 saturated carbocycles. The van der Waals surface area contributed by atoms with Gasteiger partial charge in [0.15, 0.2) is 5.82 Å². The van der Waals surface area contributed by atoms with Crippen molar-refractivity contribution in [2.75, 3.05) is 0 Å². The van der Waals surface area contributed by atoms with Crippen molar-refractivity contribution in [3.63, 3.8) is 0 Å². The van der Waals surface area contributed by atoms with Crippen LogP contribution in [-0.4, -0.2) is 18.9 Å². The summed E-state index contributed by atoms with van der Waals surface area (Å²) in [4.78, 5) is 11.2. The summed E-state index contributed by atoms with van der Waals surface area (Å²) in [7, 11) is 0. The Morgan fingerprint density at radius 2 is 0.942 bits per heavy atom. The highest BCUT2D eigenvalue weighted by molar-refractivity contribution is 6.31. The van der Waals surface area contributed by atoms with E-state index in [4.69, 9.17) is 9.97 Å². The molecule has 0 aliphatic carbocycles. The van der Waals surface area contributed by atoms with Gasteiger partial charge in [0.25, 0.3) is 0 Å². The Kier molecular flexibility index (Phi) is 5.47. The SMILES string of the molecule is c1ccc(-c2nc3cc(-c4ccccc4)c4ccccc4c3nc2-n2c3cccc4c5cccc6c7ccccc7n(c7cccc2c7c43)c56)cc1. The first kappa shape index (κ1) is 27.7. The van der Waals surface area contributed by atoms with E-state index in [0.29, 0.717) is 0 Å². The molecule has 12 rings (SSSR count). The zero-order valence-electron chi connectivity index (χ0n) is 28.0. The van der Waals surface area contributed by atoms with Crippen LogP contribution in [0.2, 0.25) is 0 Å². The van der Waals surface area contributed by atoms with Gasteiger partial charge in [0, 0.05) is 37.9 Å². The molecule has 12 aromatic rings. The van der Waals surface area contributed by atoms with E-state index in [1.807, 2.05) is 0 Å². The molecule has 0 spiro atoms. The molecule has 4 heteroatoms. The van der Waals surface area contributed by atoms with Crippen LogP contribution < -0.4 is 0 Å². The molecule has 8 aromatic carbocycles. The average molecular weight is 661 g/mol. The highest BCUT2D eigenvalue weighted by atomic mass is 15.1. The second-order valence-electron chi connectivity index (χ2n) is 13.7. The first-order valence-corrected chi connectivity index (χ1v) is 17.8. The quantitative estimate of drug-likeness (QED) is 0.177. The number of aromatic nitrogens is 4. The van der Waals surface area contributed by atoms with Gasteiger partial charge in [-0.05, 0) is 52.2 Å². The Labute approximate surface area is 297 Å². The highest BCUT2D eigenvalue weighted by Gasteiger charge is 2.25. The lowest BCUT2D eigenvalue weighted by Crippen LogP contribution is -2.04. The molecule has 4 aromatic heterocycles. The fourth-order valence-corrected chi connectivity index (χ4v) is 8.89. The summed E-state index contributed by atoms with van der Waals surface area (Å²) in [5.41, 5.74) is 11.8. The lowest BCUT2D eigenvalue weighted by Gasteiger charge is -2.16. The molecule has 0 atom stereocenters. The van der Waals surface area contributed by atoms with E-state index in [9.17, 15) is 0 Å². The largest absolute Gasteiger partial charge is 0.308 e. The molecule has 0 aliphatic heterocycles. The van der Waals surface area contributed by atoms with E-state index in [0.717, 1.165) is 61.0 Å². The van der Waals surface area contributed by atoms with Crippen LogP contribution in [0.5, 0.6) is 0 Å². The van der Waals surface area contributed by atoms with Crippen molar-refractivity contribution in [1.29, 1.82) is 0 Å². The van der Waals surface area contributed by atoms with E-state index in [2.05, 4.69) is 179 Å². The second kappa shape index (κ2) is 10.3. The molecule has 0 amide bonds. The minimum atomic E-state index is 0.821. The Morgan fingerprint density at radius 1 is 0.385 bits per heavy atom. The van der Waals surface area contributed by atoms with Crippen LogP contribution in [0.25, 0.3) is 110 Å². The zero-order valence-corrected chi connectivity index (χ0v) is 28.0. The molecular weight excluding hydrogens is 633 g/mol. The molecule has 4 heterocycles. The molecule has 0 unspecified atom stereocenters. The van der Waals surface area contributed by atoms with Crippen molar-refractivity contribution in [1.82, 2.24) is 18.9 Å². The molecule has 0 bridgehead atoms. The van der Waals surface area contributed by atoms with Gasteiger partial charge >= 0.3 is 0 Å². The summed E-state index contributed by atoms with van der Waals surface area (Å²) in [5, 5.41) is 9.71. The van der Waals surface area contributed by atoms with Gasteiger partial charge in [-0.2, -0.15) is 0 Å². The third-order valence-corrected chi connectivity index (χ3v) is 11.0. The Morgan fingerprint density at radius 3 is 1.75 bits per heavy atom. The van der Waals surface area contributed by atoms with Gasteiger partial charge in [-0.15, -0.1) is 0 Å². The molecule has 0 aliphatic rings. The molecule has 240 valence electrons. The van der Waals surface area contributed by atoms with E-state index in [1.54, 1.807) is 0 Å². The second-order valence-corrected chi connectivity index (χ2v) is 13.7. The number of hydrogen-bond donors (Lipinski definition) is 0. The fourth-order valence-electron chi connectivity index (χ4n) is 8.89. The van der Waals surface area contributed by atoms with Crippen molar-refractivity contribution in [2.24, 2.45) is 0 Å². The number of para-hydroxylation sites is 2. The number of nitrogens with zero attached hydrogens (tertiary/aromatic N) is 4. The van der Waals surface area contributed by atoms with Gasteiger partial charge in [0.1, 0.15) is 5.69 Å². The van der Waals surface area contributed by atoms with Crippen LogP contribution in [0.4, 0.5) is 0 Å². The predicted molar refractivity (Wildman–Crippen MR) is 217 cm³/mol. The van der Waals surface area contributed by atoms with Crippen molar-refractivity contribution < 1.29 is 0 Å². The van der Waals surface area contributed by atoms with Gasteiger partial charge in [-0.3, -0.25) is 4.57 Å². The monoisotopic (exact) mass is 660 g/mol. The fraction of sp³-hybridized carbons (Fsp3) is 0. The maximum Gasteiger partial charge on any atom is 0.165 e. The lowest BCUT2D eigenvalue weighted by molar-refractivity contribution is 1.08. The third kappa shape index (κ3) is 3.60. The van der Waals surface area contributed by atoms with Gasteiger partial charge < -0.3 is 4.40 Å².